The van der Waals surface area contributed by atoms with Gasteiger partial charge in [-0.1, -0.05) is 25.5 Å². The Hall–Kier alpha value is -3.11. The lowest BCUT2D eigenvalue weighted by Crippen LogP contribution is -2.37. The molecule has 1 N–H and O–H groups in total. The Balaban J connectivity index is 0.000000434. The number of hydrogen-bond donors (Lipinski definition) is 1. The zero-order valence-corrected chi connectivity index (χ0v) is 30.4. The van der Waals surface area contributed by atoms with Crippen molar-refractivity contribution in [3.63, 3.8) is 0 Å². The molecule has 0 unspecified atom stereocenters. The van der Waals surface area contributed by atoms with Crippen molar-refractivity contribution in [1.29, 1.82) is 0 Å². The molecular weight excluding hydrogens is 626 g/mol. The van der Waals surface area contributed by atoms with Gasteiger partial charge < -0.3 is 9.47 Å². The number of benzene rings is 2. The minimum absolute atomic E-state index is 0.217. The van der Waals surface area contributed by atoms with Gasteiger partial charge in [0.15, 0.2) is 0 Å². The van der Waals surface area contributed by atoms with E-state index in [4.69, 9.17) is 14.5 Å². The van der Waals surface area contributed by atoms with Gasteiger partial charge in [0, 0.05) is 11.8 Å². The molecule has 2 heterocycles. The van der Waals surface area contributed by atoms with Crippen molar-refractivity contribution in [2.24, 2.45) is 0 Å². The number of carbonyl (C=O) groups excluding carboxylic acids is 2. The summed E-state index contributed by atoms with van der Waals surface area (Å²) in [6.45, 7) is 2.80. The summed E-state index contributed by atoms with van der Waals surface area (Å²) >= 11 is 0. The molecule has 3 aromatic rings. The van der Waals surface area contributed by atoms with Gasteiger partial charge in [0.05, 0.1) is 36.1 Å². The smallest absolute Gasteiger partial charge is 0.258 e. The zero-order chi connectivity index (χ0) is 34.4. The first kappa shape index (κ1) is 37.3. The minimum Gasteiger partial charge on any atom is -0.495 e. The summed E-state index contributed by atoms with van der Waals surface area (Å²) < 4.78 is 47.5. The molecule has 14 heteroatoms. The summed E-state index contributed by atoms with van der Waals surface area (Å²) in [6.07, 6.45) is 2.28. The van der Waals surface area contributed by atoms with Gasteiger partial charge in [-0.3, -0.25) is 24.0 Å². The predicted octanol–water partition coefficient (Wildman–Crippen LogP) is 5.49. The second-order valence-corrected chi connectivity index (χ2v) is 19.0. The van der Waals surface area contributed by atoms with E-state index in [1.807, 2.05) is 24.3 Å². The van der Waals surface area contributed by atoms with Gasteiger partial charge in [-0.2, -0.15) is 0 Å². The number of rotatable bonds is 13. The van der Waals surface area contributed by atoms with Crippen molar-refractivity contribution in [3.8, 4) is 11.5 Å². The van der Waals surface area contributed by atoms with Crippen LogP contribution in [0, 0.1) is 0 Å². The Bertz CT molecular complexity index is 1550. The Morgan fingerprint density at radius 1 is 0.804 bits per heavy atom. The number of imide groups is 1. The minimum atomic E-state index is -3.28. The number of fused-ring (bicyclic) bond motifs is 2. The van der Waals surface area contributed by atoms with E-state index in [0.717, 1.165) is 29.5 Å². The van der Waals surface area contributed by atoms with E-state index < -0.39 is 20.3 Å². The number of ether oxygens (including phenoxy) is 2. The summed E-state index contributed by atoms with van der Waals surface area (Å²) in [7, 11) is 9.22. The summed E-state index contributed by atoms with van der Waals surface area (Å²) in [4.78, 5) is 26.8. The van der Waals surface area contributed by atoms with Gasteiger partial charge in [0.1, 0.15) is 16.9 Å². The number of amides is 2. The molecular formula is C32H48N6O6P2. The summed E-state index contributed by atoms with van der Waals surface area (Å²) in [5.41, 5.74) is 2.34. The van der Waals surface area contributed by atoms with Crippen LogP contribution in [0.1, 0.15) is 46.2 Å². The van der Waals surface area contributed by atoms with E-state index >= 15 is 0 Å². The molecule has 0 saturated heterocycles. The molecule has 0 saturated carbocycles. The molecule has 252 valence electrons. The molecule has 0 bridgehead atoms. The molecule has 0 aliphatic carbocycles. The van der Waals surface area contributed by atoms with Crippen molar-refractivity contribution in [2.45, 2.75) is 31.6 Å². The van der Waals surface area contributed by atoms with Crippen molar-refractivity contribution in [1.82, 2.24) is 29.0 Å². The van der Waals surface area contributed by atoms with Crippen molar-refractivity contribution < 1.29 is 28.2 Å². The van der Waals surface area contributed by atoms with E-state index in [0.29, 0.717) is 29.2 Å². The SMILES string of the molecule is CCCCOc1ccc2nc(CC(P(=O)(N(C)C)N(C)C)P(=O)(N(C)C)N(C)C)c(OC)cc2c1.O=C1NC(=O)c2ccccc21. The lowest BCUT2D eigenvalue weighted by molar-refractivity contribution is 0.0879. The number of unbranched alkanes of at least 4 members (excludes halogenated alkanes) is 1. The largest absolute Gasteiger partial charge is 0.495 e. The number of methoxy groups -OCH3 is 1. The highest BCUT2D eigenvalue weighted by Crippen LogP contribution is 2.72. The fourth-order valence-electron chi connectivity index (χ4n) is 5.43. The highest BCUT2D eigenvalue weighted by molar-refractivity contribution is 7.77. The number of aromatic nitrogens is 1. The topological polar surface area (TPSA) is 125 Å². The fourth-order valence-corrected chi connectivity index (χ4v) is 13.9. The number of hydrogen-bond acceptors (Lipinski definition) is 7. The third-order valence-corrected chi connectivity index (χ3v) is 16.2. The van der Waals surface area contributed by atoms with Gasteiger partial charge in [0.25, 0.3) is 11.8 Å². The van der Waals surface area contributed by atoms with Crippen LogP contribution in [0.4, 0.5) is 0 Å². The van der Waals surface area contributed by atoms with Crippen LogP contribution in [0.15, 0.2) is 48.5 Å². The molecule has 0 spiro atoms. The second kappa shape index (κ2) is 15.7. The maximum absolute atomic E-state index is 14.5. The predicted molar refractivity (Wildman–Crippen MR) is 184 cm³/mol. The van der Waals surface area contributed by atoms with Crippen molar-refractivity contribution in [3.05, 3.63) is 65.4 Å². The average Bonchev–Trinajstić information content (AvgIpc) is 3.31. The molecule has 0 atom stereocenters. The molecule has 0 fully saturated rings. The van der Waals surface area contributed by atoms with Crippen LogP contribution in [0.3, 0.4) is 0 Å². The van der Waals surface area contributed by atoms with Crippen LogP contribution in [0.2, 0.25) is 0 Å². The van der Waals surface area contributed by atoms with E-state index in [9.17, 15) is 18.7 Å². The summed E-state index contributed by atoms with van der Waals surface area (Å²) in [6, 6.07) is 14.4. The molecule has 1 aromatic heterocycles. The third-order valence-electron chi connectivity index (χ3n) is 7.90. The lowest BCUT2D eigenvalue weighted by atomic mass is 10.1. The van der Waals surface area contributed by atoms with E-state index in [2.05, 4.69) is 12.2 Å². The Kier molecular flexibility index (Phi) is 12.7. The van der Waals surface area contributed by atoms with Crippen LogP contribution in [0.5, 0.6) is 11.5 Å². The quantitative estimate of drug-likeness (QED) is 0.141. The molecule has 0 radical (unpaired) electrons. The Morgan fingerprint density at radius 3 is 1.78 bits per heavy atom. The van der Waals surface area contributed by atoms with E-state index in [-0.39, 0.29) is 18.2 Å². The van der Waals surface area contributed by atoms with Crippen LogP contribution in [-0.2, 0) is 15.6 Å². The first-order valence-electron chi connectivity index (χ1n) is 15.1. The number of nitrogens with one attached hydrogen (secondary N) is 1. The molecule has 4 rings (SSSR count). The molecule has 1 aliphatic rings. The molecule has 1 aliphatic heterocycles. The lowest BCUT2D eigenvalue weighted by Gasteiger charge is -2.44. The molecule has 12 nitrogen and oxygen atoms in total. The van der Waals surface area contributed by atoms with Gasteiger partial charge in [-0.25, -0.2) is 23.7 Å². The number of carbonyl (C=O) groups is 2. The number of pyridine rings is 1. The van der Waals surface area contributed by atoms with Gasteiger partial charge in [-0.05, 0) is 99.2 Å². The van der Waals surface area contributed by atoms with Crippen molar-refractivity contribution >= 4 is 37.6 Å². The molecule has 2 amide bonds. The van der Waals surface area contributed by atoms with Gasteiger partial charge in [0.2, 0.25) is 14.9 Å². The highest BCUT2D eigenvalue weighted by Gasteiger charge is 2.52. The van der Waals surface area contributed by atoms with E-state index in [1.54, 1.807) is 106 Å². The zero-order valence-electron chi connectivity index (χ0n) is 28.6. The fraction of sp³-hybridized carbons (Fsp3) is 0.469. The highest BCUT2D eigenvalue weighted by atomic mass is 31.2. The summed E-state index contributed by atoms with van der Waals surface area (Å²) in [5, 5.41) is 2.36. The van der Waals surface area contributed by atoms with Gasteiger partial charge in [-0.15, -0.1) is 0 Å². The first-order valence-corrected chi connectivity index (χ1v) is 18.4. The Morgan fingerprint density at radius 2 is 1.33 bits per heavy atom. The normalized spacial score (nSPS) is 13.5. The van der Waals surface area contributed by atoms with E-state index in [1.165, 1.54) is 0 Å². The standard InChI is InChI=1S/C24H43N5O4P2.C8H5NO2/c1-11-12-15-33-20-13-14-21-19(16-20)17-23(32-10)22(25-21)18-24(34(30,26(2)3)27(4)5)35(31,28(6)7)29(8)9;10-7-5-3-1-2-4-6(5)8(11)9-7/h13-14,16-17,24H,11-12,15,18H2,1-10H3;1-4H,(H,9,10,11). The second-order valence-electron chi connectivity index (χ2n) is 11.8. The van der Waals surface area contributed by atoms with Crippen LogP contribution in [-0.4, -0.2) is 111 Å². The first-order chi connectivity index (χ1) is 21.6. The molecule has 2 aromatic carbocycles. The van der Waals surface area contributed by atoms with Crippen LogP contribution in [0.25, 0.3) is 10.9 Å². The Labute approximate surface area is 273 Å². The van der Waals surface area contributed by atoms with Gasteiger partial charge >= 0.3 is 0 Å². The average molecular weight is 675 g/mol. The van der Waals surface area contributed by atoms with Crippen molar-refractivity contribution in [2.75, 3.05) is 70.1 Å². The monoisotopic (exact) mass is 674 g/mol. The van der Waals surface area contributed by atoms with Crippen LogP contribution < -0.4 is 14.8 Å². The third kappa shape index (κ3) is 7.71. The maximum Gasteiger partial charge on any atom is 0.258 e. The van der Waals surface area contributed by atoms with Crippen LogP contribution >= 0.6 is 14.9 Å². The molecule has 46 heavy (non-hydrogen) atoms. The maximum atomic E-state index is 14.5. The number of nitrogens with zero attached hydrogens (tertiary/aromatic N) is 5. The summed E-state index contributed by atoms with van der Waals surface area (Å²) in [5.74, 6) is 0.757.